The third kappa shape index (κ3) is 4.02. The topological polar surface area (TPSA) is 97.9 Å². The van der Waals surface area contributed by atoms with E-state index >= 15 is 0 Å². The first-order valence-electron chi connectivity index (χ1n) is 6.20. The molecular weight excluding hydrogens is 276 g/mol. The summed E-state index contributed by atoms with van der Waals surface area (Å²) in [6.45, 7) is 1.85. The normalized spacial score (nSPS) is 12.6. The van der Waals surface area contributed by atoms with E-state index in [9.17, 15) is 8.42 Å². The van der Waals surface area contributed by atoms with E-state index in [1.165, 1.54) is 4.31 Å². The van der Waals surface area contributed by atoms with E-state index in [1.54, 1.807) is 37.5 Å². The molecule has 0 saturated carbocycles. The zero-order valence-electron chi connectivity index (χ0n) is 11.2. The first-order chi connectivity index (χ1) is 9.56. The van der Waals surface area contributed by atoms with Crippen LogP contribution in [0.15, 0.2) is 24.5 Å². The SMILES string of the molecule is CCC(C#N)S(=O)(=O)N(CCC#N)Cc1cccnc1. The van der Waals surface area contributed by atoms with Gasteiger partial charge in [-0.05, 0) is 18.1 Å². The van der Waals surface area contributed by atoms with Gasteiger partial charge >= 0.3 is 0 Å². The van der Waals surface area contributed by atoms with Gasteiger partial charge < -0.3 is 0 Å². The Labute approximate surface area is 119 Å². The van der Waals surface area contributed by atoms with Crippen molar-refractivity contribution in [2.75, 3.05) is 6.54 Å². The van der Waals surface area contributed by atoms with Crippen LogP contribution in [0.1, 0.15) is 25.3 Å². The van der Waals surface area contributed by atoms with Gasteiger partial charge in [-0.3, -0.25) is 4.98 Å². The summed E-state index contributed by atoms with van der Waals surface area (Å²) in [4.78, 5) is 3.93. The van der Waals surface area contributed by atoms with Crippen molar-refractivity contribution in [3.8, 4) is 12.1 Å². The third-order valence-electron chi connectivity index (χ3n) is 2.79. The van der Waals surface area contributed by atoms with E-state index in [0.717, 1.165) is 5.56 Å². The van der Waals surface area contributed by atoms with Crippen LogP contribution in [0.25, 0.3) is 0 Å². The Morgan fingerprint density at radius 1 is 1.45 bits per heavy atom. The van der Waals surface area contributed by atoms with Crippen molar-refractivity contribution >= 4 is 10.0 Å². The van der Waals surface area contributed by atoms with E-state index in [2.05, 4.69) is 4.98 Å². The zero-order chi connectivity index (χ0) is 15.0. The Kier molecular flexibility index (Phi) is 6.10. The van der Waals surface area contributed by atoms with Crippen LogP contribution >= 0.6 is 0 Å². The Bertz CT molecular complexity index is 601. The van der Waals surface area contributed by atoms with Gasteiger partial charge in [-0.25, -0.2) is 8.42 Å². The van der Waals surface area contributed by atoms with E-state index in [0.29, 0.717) is 0 Å². The monoisotopic (exact) mass is 292 g/mol. The highest BCUT2D eigenvalue weighted by Crippen LogP contribution is 2.16. The minimum Gasteiger partial charge on any atom is -0.264 e. The number of aromatic nitrogens is 1. The quantitative estimate of drug-likeness (QED) is 0.757. The molecule has 1 unspecified atom stereocenters. The van der Waals surface area contributed by atoms with Crippen LogP contribution < -0.4 is 0 Å². The molecule has 0 N–H and O–H groups in total. The Morgan fingerprint density at radius 3 is 2.70 bits per heavy atom. The van der Waals surface area contributed by atoms with Gasteiger partial charge in [-0.15, -0.1) is 0 Å². The molecule has 0 saturated heterocycles. The lowest BCUT2D eigenvalue weighted by Crippen LogP contribution is -2.38. The van der Waals surface area contributed by atoms with Crippen molar-refractivity contribution in [2.45, 2.75) is 31.6 Å². The molecule has 6 nitrogen and oxygen atoms in total. The number of nitriles is 2. The fourth-order valence-corrected chi connectivity index (χ4v) is 3.30. The molecule has 0 aliphatic heterocycles. The van der Waals surface area contributed by atoms with Crippen LogP contribution in [-0.4, -0.2) is 29.5 Å². The molecule has 0 amide bonds. The summed E-state index contributed by atoms with van der Waals surface area (Å²) in [5, 5.41) is 16.5. The summed E-state index contributed by atoms with van der Waals surface area (Å²) in [6.07, 6.45) is 3.47. The van der Waals surface area contributed by atoms with Gasteiger partial charge in [0.25, 0.3) is 0 Å². The summed E-state index contributed by atoms with van der Waals surface area (Å²) in [7, 11) is -3.74. The average Bonchev–Trinajstić information content (AvgIpc) is 2.45. The first-order valence-corrected chi connectivity index (χ1v) is 7.71. The van der Waals surface area contributed by atoms with Crippen LogP contribution in [-0.2, 0) is 16.6 Å². The Hall–Kier alpha value is -1.96. The van der Waals surface area contributed by atoms with Crippen LogP contribution in [0, 0.1) is 22.7 Å². The van der Waals surface area contributed by atoms with Gasteiger partial charge in [-0.2, -0.15) is 14.8 Å². The number of rotatable bonds is 7. The molecule has 7 heteroatoms. The standard InChI is InChI=1S/C13H16N4O2S/c1-2-13(9-15)20(18,19)17(8-4-6-14)11-12-5-3-7-16-10-12/h3,5,7,10,13H,2,4,8,11H2,1H3. The number of pyridine rings is 1. The second kappa shape index (κ2) is 7.59. The maximum Gasteiger partial charge on any atom is 0.230 e. The number of nitrogens with zero attached hydrogens (tertiary/aromatic N) is 4. The molecule has 1 aromatic rings. The summed E-state index contributed by atoms with van der Waals surface area (Å²) in [5.74, 6) is 0. The molecule has 1 heterocycles. The smallest absolute Gasteiger partial charge is 0.230 e. The summed E-state index contributed by atoms with van der Waals surface area (Å²) < 4.78 is 25.9. The highest BCUT2D eigenvalue weighted by molar-refractivity contribution is 7.89. The molecule has 0 fully saturated rings. The molecule has 1 aromatic heterocycles. The maximum atomic E-state index is 12.4. The van der Waals surface area contributed by atoms with Gasteiger partial charge in [0.15, 0.2) is 5.25 Å². The predicted molar refractivity (Wildman–Crippen MR) is 73.5 cm³/mol. The molecule has 1 atom stereocenters. The molecule has 0 aromatic carbocycles. The highest BCUT2D eigenvalue weighted by atomic mass is 32.2. The van der Waals surface area contributed by atoms with E-state index in [1.807, 2.05) is 6.07 Å². The van der Waals surface area contributed by atoms with Gasteiger partial charge in [0.2, 0.25) is 10.0 Å². The van der Waals surface area contributed by atoms with Crippen LogP contribution in [0.4, 0.5) is 0 Å². The van der Waals surface area contributed by atoms with Gasteiger partial charge in [0, 0.05) is 31.9 Å². The Morgan fingerprint density at radius 2 is 2.20 bits per heavy atom. The summed E-state index contributed by atoms with van der Waals surface area (Å²) in [5.41, 5.74) is 0.724. The molecule has 0 bridgehead atoms. The number of hydrogen-bond donors (Lipinski definition) is 0. The summed E-state index contributed by atoms with van der Waals surface area (Å²) in [6, 6.07) is 7.21. The molecule has 0 aliphatic carbocycles. The Balaban J connectivity index is 3.01. The van der Waals surface area contributed by atoms with Gasteiger partial charge in [0.1, 0.15) is 0 Å². The third-order valence-corrected chi connectivity index (χ3v) is 4.98. The zero-order valence-corrected chi connectivity index (χ0v) is 12.0. The van der Waals surface area contributed by atoms with Crippen molar-refractivity contribution in [3.05, 3.63) is 30.1 Å². The van der Waals surface area contributed by atoms with Crippen LogP contribution in [0.5, 0.6) is 0 Å². The molecule has 0 radical (unpaired) electrons. The molecule has 1 rings (SSSR count). The molecule has 0 spiro atoms. The van der Waals surface area contributed by atoms with Crippen LogP contribution in [0.3, 0.4) is 0 Å². The van der Waals surface area contributed by atoms with Crippen molar-refractivity contribution in [1.82, 2.24) is 9.29 Å². The van der Waals surface area contributed by atoms with E-state index in [-0.39, 0.29) is 25.9 Å². The minimum atomic E-state index is -3.74. The van der Waals surface area contributed by atoms with Crippen molar-refractivity contribution in [2.24, 2.45) is 0 Å². The van der Waals surface area contributed by atoms with E-state index in [4.69, 9.17) is 10.5 Å². The summed E-state index contributed by atoms with van der Waals surface area (Å²) >= 11 is 0. The largest absolute Gasteiger partial charge is 0.264 e. The highest BCUT2D eigenvalue weighted by Gasteiger charge is 2.30. The van der Waals surface area contributed by atoms with Gasteiger partial charge in [0.05, 0.1) is 12.1 Å². The minimum absolute atomic E-state index is 0.0753. The first kappa shape index (κ1) is 16.1. The molecular formula is C13H16N4O2S. The second-order valence-electron chi connectivity index (χ2n) is 4.17. The second-order valence-corrected chi connectivity index (χ2v) is 6.29. The van der Waals surface area contributed by atoms with Gasteiger partial charge in [-0.1, -0.05) is 13.0 Å². The number of hydrogen-bond acceptors (Lipinski definition) is 5. The average molecular weight is 292 g/mol. The maximum absolute atomic E-state index is 12.4. The lowest BCUT2D eigenvalue weighted by Gasteiger charge is -2.23. The predicted octanol–water partition coefficient (Wildman–Crippen LogP) is 1.43. The molecule has 0 aliphatic rings. The van der Waals surface area contributed by atoms with E-state index < -0.39 is 15.3 Å². The molecule has 20 heavy (non-hydrogen) atoms. The lowest BCUT2D eigenvalue weighted by molar-refractivity contribution is 0.408. The molecule has 106 valence electrons. The number of sulfonamides is 1. The fourth-order valence-electron chi connectivity index (χ4n) is 1.71. The fraction of sp³-hybridized carbons (Fsp3) is 0.462. The lowest BCUT2D eigenvalue weighted by atomic mass is 10.3. The van der Waals surface area contributed by atoms with Crippen molar-refractivity contribution in [3.63, 3.8) is 0 Å². The van der Waals surface area contributed by atoms with Crippen LogP contribution in [0.2, 0.25) is 0 Å². The van der Waals surface area contributed by atoms with Crippen molar-refractivity contribution in [1.29, 1.82) is 10.5 Å². The van der Waals surface area contributed by atoms with Crippen molar-refractivity contribution < 1.29 is 8.42 Å².